The quantitative estimate of drug-likeness (QED) is 0.774. The zero-order valence-electron chi connectivity index (χ0n) is 14.8. The van der Waals surface area contributed by atoms with Gasteiger partial charge in [-0.1, -0.05) is 30.3 Å². The summed E-state index contributed by atoms with van der Waals surface area (Å²) in [5.41, 5.74) is 1.65. The average Bonchev–Trinajstić information content (AvgIpc) is 2.64. The fourth-order valence-corrected chi connectivity index (χ4v) is 4.43. The Hall–Kier alpha value is -1.92. The Morgan fingerprint density at radius 3 is 2.50 bits per heavy atom. The van der Waals surface area contributed by atoms with E-state index in [9.17, 15) is 12.8 Å². The van der Waals surface area contributed by atoms with Gasteiger partial charge in [-0.25, -0.2) is 17.1 Å². The number of piperidine rings is 1. The van der Waals surface area contributed by atoms with Gasteiger partial charge in [-0.2, -0.15) is 0 Å². The summed E-state index contributed by atoms with van der Waals surface area (Å²) < 4.78 is 45.7. The molecule has 1 saturated heterocycles. The third kappa shape index (κ3) is 4.83. The van der Waals surface area contributed by atoms with Crippen LogP contribution in [-0.4, -0.2) is 37.7 Å². The first-order valence-corrected chi connectivity index (χ1v) is 10.3. The zero-order valence-corrected chi connectivity index (χ0v) is 15.6. The van der Waals surface area contributed by atoms with Crippen LogP contribution in [0.25, 0.3) is 0 Å². The number of hydrogen-bond donors (Lipinski definition) is 0. The molecule has 0 spiro atoms. The predicted octanol–water partition coefficient (Wildman–Crippen LogP) is 3.56. The minimum absolute atomic E-state index is 0.000389. The molecule has 0 N–H and O–H groups in total. The van der Waals surface area contributed by atoms with Crippen molar-refractivity contribution in [1.82, 2.24) is 4.31 Å². The Kier molecular flexibility index (Phi) is 5.94. The molecule has 1 aliphatic rings. The molecule has 0 unspecified atom stereocenters. The molecule has 139 valence electrons. The first-order valence-electron chi connectivity index (χ1n) is 8.73. The number of ether oxygens (including phenoxy) is 1. The fourth-order valence-electron chi connectivity index (χ4n) is 3.05. The molecule has 1 aliphatic heterocycles. The number of rotatable bonds is 6. The molecule has 1 heterocycles. The van der Waals surface area contributed by atoms with Crippen LogP contribution in [0.2, 0.25) is 0 Å². The number of hydrogen-bond acceptors (Lipinski definition) is 3. The lowest BCUT2D eigenvalue weighted by Gasteiger charge is -2.31. The van der Waals surface area contributed by atoms with Crippen molar-refractivity contribution < 1.29 is 17.5 Å². The van der Waals surface area contributed by atoms with Crippen molar-refractivity contribution in [3.8, 4) is 5.75 Å². The van der Waals surface area contributed by atoms with Crippen LogP contribution in [0.4, 0.5) is 4.39 Å². The first kappa shape index (κ1) is 18.9. The Bertz CT molecular complexity index is 831. The first-order chi connectivity index (χ1) is 12.4. The van der Waals surface area contributed by atoms with Gasteiger partial charge in [0.1, 0.15) is 17.7 Å². The monoisotopic (exact) mass is 376 g/mol. The molecule has 2 aromatic rings. The third-order valence-corrected chi connectivity index (χ3v) is 6.29. The van der Waals surface area contributed by atoms with Gasteiger partial charge in [0.05, 0.1) is 5.75 Å². The lowest BCUT2D eigenvalue weighted by atomic mass is 10.1. The van der Waals surface area contributed by atoms with E-state index in [0.717, 1.165) is 11.1 Å². The molecule has 3 rings (SSSR count). The van der Waals surface area contributed by atoms with E-state index >= 15 is 0 Å². The summed E-state index contributed by atoms with van der Waals surface area (Å²) in [7, 11) is -3.32. The van der Waals surface area contributed by atoms with Gasteiger partial charge in [0.15, 0.2) is 0 Å². The average molecular weight is 376 g/mol. The Labute approximate surface area is 154 Å². The molecule has 0 bridgehead atoms. The lowest BCUT2D eigenvalue weighted by molar-refractivity contribution is 0.134. The maximum Gasteiger partial charge on any atom is 0.214 e. The molecule has 1 radical (unpaired) electrons. The maximum absolute atomic E-state index is 13.2. The second-order valence-electron chi connectivity index (χ2n) is 6.52. The number of sulfonamides is 1. The highest BCUT2D eigenvalue weighted by molar-refractivity contribution is 7.89. The molecular formula is C20H23FNO3S. The summed E-state index contributed by atoms with van der Waals surface area (Å²) in [6, 6.07) is 13.9. The molecule has 6 heteroatoms. The zero-order chi connectivity index (χ0) is 18.6. The van der Waals surface area contributed by atoms with Crippen molar-refractivity contribution in [2.75, 3.05) is 18.8 Å². The van der Waals surface area contributed by atoms with Gasteiger partial charge < -0.3 is 4.74 Å². The standard InChI is InChI=1S/C20H23FNO3S/c1-16-15-18(21)7-8-20(16)25-19-9-12-22(13-10-19)26(23,24)14-11-17-5-3-2-4-6-17/h2-8,11,15,19H,9-10,12-14H2,1H3. The normalized spacial score (nSPS) is 16.5. The topological polar surface area (TPSA) is 46.6 Å². The molecule has 1 fully saturated rings. The van der Waals surface area contributed by atoms with Gasteiger partial charge in [-0.05, 0) is 49.1 Å². The fraction of sp³-hybridized carbons (Fsp3) is 0.350. The summed E-state index contributed by atoms with van der Waals surface area (Å²) in [6.45, 7) is 2.68. The molecule has 0 aliphatic carbocycles. The van der Waals surface area contributed by atoms with E-state index in [1.165, 1.54) is 16.4 Å². The van der Waals surface area contributed by atoms with Gasteiger partial charge in [0.2, 0.25) is 10.0 Å². The molecule has 0 aromatic heterocycles. The van der Waals surface area contributed by atoms with Crippen LogP contribution in [0.15, 0.2) is 48.5 Å². The van der Waals surface area contributed by atoms with Crippen LogP contribution >= 0.6 is 0 Å². The van der Waals surface area contributed by atoms with Crippen LogP contribution in [0.5, 0.6) is 5.75 Å². The number of nitrogens with zero attached hydrogens (tertiary/aromatic N) is 1. The van der Waals surface area contributed by atoms with Crippen LogP contribution in [0.3, 0.4) is 0 Å². The van der Waals surface area contributed by atoms with Crippen LogP contribution in [-0.2, 0) is 10.0 Å². The van der Waals surface area contributed by atoms with Crippen molar-refractivity contribution in [3.05, 3.63) is 71.9 Å². The third-order valence-electron chi connectivity index (χ3n) is 4.55. The summed E-state index contributed by atoms with van der Waals surface area (Å²) in [5.74, 6) is 0.370. The van der Waals surface area contributed by atoms with Crippen molar-refractivity contribution in [1.29, 1.82) is 0 Å². The highest BCUT2D eigenvalue weighted by atomic mass is 32.2. The number of aryl methyl sites for hydroxylation is 1. The predicted molar refractivity (Wildman–Crippen MR) is 100.0 cm³/mol. The molecule has 0 amide bonds. The van der Waals surface area contributed by atoms with Crippen molar-refractivity contribution >= 4 is 10.0 Å². The Balaban J connectivity index is 1.52. The van der Waals surface area contributed by atoms with E-state index in [2.05, 4.69) is 0 Å². The van der Waals surface area contributed by atoms with E-state index < -0.39 is 10.0 Å². The summed E-state index contributed by atoms with van der Waals surface area (Å²) in [4.78, 5) is 0. The van der Waals surface area contributed by atoms with E-state index in [4.69, 9.17) is 4.74 Å². The van der Waals surface area contributed by atoms with Crippen molar-refractivity contribution in [3.63, 3.8) is 0 Å². The van der Waals surface area contributed by atoms with Crippen molar-refractivity contribution in [2.24, 2.45) is 0 Å². The molecule has 0 saturated carbocycles. The number of benzene rings is 2. The summed E-state index contributed by atoms with van der Waals surface area (Å²) in [5, 5.41) is 0. The van der Waals surface area contributed by atoms with E-state index in [1.54, 1.807) is 19.4 Å². The highest BCUT2D eigenvalue weighted by Gasteiger charge is 2.28. The summed E-state index contributed by atoms with van der Waals surface area (Å²) >= 11 is 0. The molecule has 4 nitrogen and oxygen atoms in total. The SMILES string of the molecule is Cc1cc(F)ccc1OC1CCN(S(=O)(=O)C[CH]c2ccccc2)CC1. The lowest BCUT2D eigenvalue weighted by Crippen LogP contribution is -2.42. The van der Waals surface area contributed by atoms with Gasteiger partial charge in [0, 0.05) is 19.5 Å². The molecule has 0 atom stereocenters. The van der Waals surface area contributed by atoms with Gasteiger partial charge in [0.25, 0.3) is 0 Å². The highest BCUT2D eigenvalue weighted by Crippen LogP contribution is 2.24. The molecule has 2 aromatic carbocycles. The van der Waals surface area contributed by atoms with Crippen LogP contribution in [0.1, 0.15) is 24.0 Å². The Morgan fingerprint density at radius 1 is 1.15 bits per heavy atom. The van der Waals surface area contributed by atoms with E-state index in [1.807, 2.05) is 30.3 Å². The minimum atomic E-state index is -3.32. The minimum Gasteiger partial charge on any atom is -0.490 e. The van der Waals surface area contributed by atoms with E-state index in [0.29, 0.717) is 31.7 Å². The van der Waals surface area contributed by atoms with Crippen molar-refractivity contribution in [2.45, 2.75) is 25.9 Å². The largest absolute Gasteiger partial charge is 0.490 e. The van der Waals surface area contributed by atoms with Crippen LogP contribution < -0.4 is 4.74 Å². The second kappa shape index (κ2) is 8.18. The van der Waals surface area contributed by atoms with Gasteiger partial charge in [-0.3, -0.25) is 0 Å². The van der Waals surface area contributed by atoms with Gasteiger partial charge in [-0.15, -0.1) is 0 Å². The smallest absolute Gasteiger partial charge is 0.214 e. The maximum atomic E-state index is 13.2. The number of halogens is 1. The summed E-state index contributed by atoms with van der Waals surface area (Å²) in [6.07, 6.45) is 2.94. The van der Waals surface area contributed by atoms with E-state index in [-0.39, 0.29) is 17.7 Å². The van der Waals surface area contributed by atoms with Gasteiger partial charge >= 0.3 is 0 Å². The second-order valence-corrected chi connectivity index (χ2v) is 8.53. The van der Waals surface area contributed by atoms with Crippen LogP contribution in [0, 0.1) is 19.2 Å². The molecule has 26 heavy (non-hydrogen) atoms. The Morgan fingerprint density at radius 2 is 1.85 bits per heavy atom. The molecular weight excluding hydrogens is 353 g/mol.